The summed E-state index contributed by atoms with van der Waals surface area (Å²) in [5, 5.41) is 2.29. The number of nitrogens with one attached hydrogen (secondary N) is 1. The van der Waals surface area contributed by atoms with Crippen molar-refractivity contribution in [3.8, 4) is 0 Å². The van der Waals surface area contributed by atoms with Crippen molar-refractivity contribution in [1.29, 1.82) is 0 Å². The highest BCUT2D eigenvalue weighted by Gasteiger charge is 2.36. The quantitative estimate of drug-likeness (QED) is 0.717. The van der Waals surface area contributed by atoms with E-state index in [1.807, 2.05) is 13.8 Å². The van der Waals surface area contributed by atoms with Gasteiger partial charge in [0.15, 0.2) is 0 Å². The van der Waals surface area contributed by atoms with E-state index in [0.717, 1.165) is 12.8 Å². The van der Waals surface area contributed by atoms with Gasteiger partial charge in [0, 0.05) is 13.6 Å². The van der Waals surface area contributed by atoms with Gasteiger partial charge in [0.25, 0.3) is 0 Å². The molecule has 0 saturated carbocycles. The molecule has 16 heavy (non-hydrogen) atoms. The van der Waals surface area contributed by atoms with Crippen molar-refractivity contribution in [2.45, 2.75) is 38.0 Å². The van der Waals surface area contributed by atoms with Crippen molar-refractivity contribution < 1.29 is 9.59 Å². The number of carbonyl (C=O) groups is 2. The molecular formula is C11H20N2O2S. The van der Waals surface area contributed by atoms with Crippen molar-refractivity contribution in [3.05, 3.63) is 0 Å². The van der Waals surface area contributed by atoms with Gasteiger partial charge >= 0.3 is 0 Å². The lowest BCUT2D eigenvalue weighted by molar-refractivity contribution is -0.138. The van der Waals surface area contributed by atoms with E-state index in [2.05, 4.69) is 17.9 Å². The summed E-state index contributed by atoms with van der Waals surface area (Å²) in [7, 11) is 1.60. The minimum absolute atomic E-state index is 0.0237. The number of nitrogens with zero attached hydrogens (tertiary/aromatic N) is 1. The average Bonchev–Trinajstić information content (AvgIpc) is 2.74. The molecule has 0 aromatic heterocycles. The van der Waals surface area contributed by atoms with Crippen molar-refractivity contribution in [2.24, 2.45) is 5.92 Å². The standard InChI is InChI=1S/C11H20N2O2S/c1-7(2)9(16)11(15)13-6-4-5-8(13)10(14)12-3/h7-9,16H,4-6H2,1-3H3,(H,12,14). The van der Waals surface area contributed by atoms with Crippen LogP contribution in [0.5, 0.6) is 0 Å². The van der Waals surface area contributed by atoms with Crippen LogP contribution in [0.25, 0.3) is 0 Å². The molecule has 1 saturated heterocycles. The van der Waals surface area contributed by atoms with Crippen molar-refractivity contribution in [2.75, 3.05) is 13.6 Å². The molecule has 4 nitrogen and oxygen atoms in total. The van der Waals surface area contributed by atoms with Gasteiger partial charge in [0.05, 0.1) is 5.25 Å². The van der Waals surface area contributed by atoms with Gasteiger partial charge in [-0.2, -0.15) is 12.6 Å². The summed E-state index contributed by atoms with van der Waals surface area (Å²) < 4.78 is 0. The number of hydrogen-bond acceptors (Lipinski definition) is 3. The second kappa shape index (κ2) is 5.57. The van der Waals surface area contributed by atoms with E-state index in [9.17, 15) is 9.59 Å². The summed E-state index contributed by atoms with van der Waals surface area (Å²) in [6.45, 7) is 4.59. The number of hydrogen-bond donors (Lipinski definition) is 2. The Morgan fingerprint density at radius 2 is 2.06 bits per heavy atom. The zero-order valence-electron chi connectivity index (χ0n) is 10.1. The molecular weight excluding hydrogens is 224 g/mol. The number of amides is 2. The summed E-state index contributed by atoms with van der Waals surface area (Å²) in [6.07, 6.45) is 1.65. The van der Waals surface area contributed by atoms with Gasteiger partial charge in [-0.15, -0.1) is 0 Å². The molecule has 0 radical (unpaired) electrons. The van der Waals surface area contributed by atoms with Crippen LogP contribution in [0.3, 0.4) is 0 Å². The monoisotopic (exact) mass is 244 g/mol. The summed E-state index contributed by atoms with van der Waals surface area (Å²) in [5.74, 6) is 0.0846. The lowest BCUT2D eigenvalue weighted by atomic mass is 10.1. The maximum absolute atomic E-state index is 12.1. The number of thiol groups is 1. The lowest BCUT2D eigenvalue weighted by Gasteiger charge is -2.27. The van der Waals surface area contributed by atoms with Crippen LogP contribution in [0.15, 0.2) is 0 Å². The van der Waals surface area contributed by atoms with E-state index in [4.69, 9.17) is 0 Å². The molecule has 0 spiro atoms. The van der Waals surface area contributed by atoms with E-state index in [1.165, 1.54) is 0 Å². The predicted octanol–water partition coefficient (Wildman–Crippen LogP) is 0.678. The Balaban J connectivity index is 2.71. The molecule has 5 heteroatoms. The number of likely N-dealkylation sites (tertiary alicyclic amines) is 1. The molecule has 0 aliphatic carbocycles. The van der Waals surface area contributed by atoms with Gasteiger partial charge < -0.3 is 10.2 Å². The van der Waals surface area contributed by atoms with Crippen LogP contribution in [0, 0.1) is 5.92 Å². The zero-order valence-corrected chi connectivity index (χ0v) is 11.0. The molecule has 1 fully saturated rings. The largest absolute Gasteiger partial charge is 0.357 e. The van der Waals surface area contributed by atoms with Crippen LogP contribution in [0.4, 0.5) is 0 Å². The fourth-order valence-electron chi connectivity index (χ4n) is 1.92. The van der Waals surface area contributed by atoms with E-state index in [0.29, 0.717) is 6.54 Å². The first kappa shape index (κ1) is 13.4. The number of carbonyl (C=O) groups excluding carboxylic acids is 2. The molecule has 2 unspecified atom stereocenters. The van der Waals surface area contributed by atoms with E-state index >= 15 is 0 Å². The van der Waals surface area contributed by atoms with Gasteiger partial charge in [0.2, 0.25) is 11.8 Å². The summed E-state index contributed by atoms with van der Waals surface area (Å²) in [4.78, 5) is 25.3. The number of rotatable bonds is 3. The predicted molar refractivity (Wildman–Crippen MR) is 66.4 cm³/mol. The van der Waals surface area contributed by atoms with Gasteiger partial charge in [-0.05, 0) is 18.8 Å². The third-order valence-electron chi connectivity index (χ3n) is 2.97. The minimum Gasteiger partial charge on any atom is -0.357 e. The second-order valence-electron chi connectivity index (χ2n) is 4.49. The normalized spacial score (nSPS) is 22.3. The average molecular weight is 244 g/mol. The molecule has 2 atom stereocenters. The zero-order chi connectivity index (χ0) is 12.3. The summed E-state index contributed by atoms with van der Waals surface area (Å²) >= 11 is 4.31. The van der Waals surface area contributed by atoms with Gasteiger partial charge in [-0.25, -0.2) is 0 Å². The highest BCUT2D eigenvalue weighted by Crippen LogP contribution is 2.22. The van der Waals surface area contributed by atoms with Gasteiger partial charge in [-0.1, -0.05) is 13.8 Å². The van der Waals surface area contributed by atoms with Crippen molar-refractivity contribution >= 4 is 24.4 Å². The fraction of sp³-hybridized carbons (Fsp3) is 0.818. The SMILES string of the molecule is CNC(=O)C1CCCN1C(=O)C(S)C(C)C. The molecule has 92 valence electrons. The first-order chi connectivity index (χ1) is 7.49. The molecule has 0 bridgehead atoms. The molecule has 1 aliphatic heterocycles. The summed E-state index contributed by atoms with van der Waals surface area (Å²) in [5.41, 5.74) is 0. The van der Waals surface area contributed by atoms with Crippen LogP contribution in [0.2, 0.25) is 0 Å². The lowest BCUT2D eigenvalue weighted by Crippen LogP contribution is -2.48. The van der Waals surface area contributed by atoms with Crippen molar-refractivity contribution in [3.63, 3.8) is 0 Å². The first-order valence-corrected chi connectivity index (χ1v) is 6.20. The second-order valence-corrected chi connectivity index (χ2v) is 5.05. The number of likely N-dealkylation sites (N-methyl/N-ethyl adjacent to an activating group) is 1. The van der Waals surface area contributed by atoms with E-state index in [1.54, 1.807) is 11.9 Å². The van der Waals surface area contributed by atoms with Crippen LogP contribution in [-0.2, 0) is 9.59 Å². The molecule has 1 heterocycles. The van der Waals surface area contributed by atoms with Crippen LogP contribution in [0.1, 0.15) is 26.7 Å². The molecule has 0 aromatic rings. The van der Waals surface area contributed by atoms with Gasteiger partial charge in [-0.3, -0.25) is 9.59 Å². The highest BCUT2D eigenvalue weighted by molar-refractivity contribution is 7.81. The Kier molecular flexibility index (Phi) is 4.65. The first-order valence-electron chi connectivity index (χ1n) is 5.69. The Hall–Kier alpha value is -0.710. The minimum atomic E-state index is -0.315. The fourth-order valence-corrected chi connectivity index (χ4v) is 2.07. The maximum Gasteiger partial charge on any atom is 0.242 e. The van der Waals surface area contributed by atoms with Crippen LogP contribution >= 0.6 is 12.6 Å². The maximum atomic E-state index is 12.1. The molecule has 1 N–H and O–H groups in total. The van der Waals surface area contributed by atoms with Gasteiger partial charge in [0.1, 0.15) is 6.04 Å². The molecule has 0 aromatic carbocycles. The third kappa shape index (κ3) is 2.70. The Morgan fingerprint density at radius 1 is 1.44 bits per heavy atom. The Morgan fingerprint density at radius 3 is 2.56 bits per heavy atom. The summed E-state index contributed by atoms with van der Waals surface area (Å²) in [6, 6.07) is -0.300. The molecule has 1 aliphatic rings. The van der Waals surface area contributed by atoms with Crippen LogP contribution in [-0.4, -0.2) is 41.6 Å². The van der Waals surface area contributed by atoms with E-state index < -0.39 is 0 Å². The highest BCUT2D eigenvalue weighted by atomic mass is 32.1. The van der Waals surface area contributed by atoms with E-state index in [-0.39, 0.29) is 29.0 Å². The Bertz CT molecular complexity index is 281. The smallest absolute Gasteiger partial charge is 0.242 e. The third-order valence-corrected chi connectivity index (χ3v) is 3.79. The molecule has 1 rings (SSSR count). The topological polar surface area (TPSA) is 49.4 Å². The van der Waals surface area contributed by atoms with Crippen LogP contribution < -0.4 is 5.32 Å². The molecule has 2 amide bonds. The van der Waals surface area contributed by atoms with Crippen molar-refractivity contribution in [1.82, 2.24) is 10.2 Å². The Labute approximate surface area is 102 Å².